The lowest BCUT2D eigenvalue weighted by Gasteiger charge is -2.31. The fraction of sp³-hybridized carbons (Fsp3) is 0.667. The summed E-state index contributed by atoms with van der Waals surface area (Å²) >= 11 is 0.929. The molecular formula is C12H17ClF3N3O2S. The van der Waals surface area contributed by atoms with Crippen LogP contribution in [0.1, 0.15) is 23.5 Å². The Morgan fingerprint density at radius 1 is 1.45 bits per heavy atom. The van der Waals surface area contributed by atoms with Gasteiger partial charge in [-0.05, 0) is 12.8 Å². The normalized spacial score (nSPS) is 17.6. The summed E-state index contributed by atoms with van der Waals surface area (Å²) in [5, 5.41) is 3.96. The van der Waals surface area contributed by atoms with Crippen molar-refractivity contribution in [1.29, 1.82) is 0 Å². The lowest BCUT2D eigenvalue weighted by molar-refractivity contribution is -0.140. The van der Waals surface area contributed by atoms with E-state index >= 15 is 0 Å². The van der Waals surface area contributed by atoms with E-state index in [-0.39, 0.29) is 31.3 Å². The van der Waals surface area contributed by atoms with Crippen LogP contribution in [0.15, 0.2) is 5.38 Å². The average molecular weight is 360 g/mol. The SMILES string of the molecule is Cl.NC1(C(=O)NCCc2nc(C(F)(F)F)cs2)CCOCC1. The molecule has 1 amide bonds. The Labute approximate surface area is 135 Å². The number of alkyl halides is 3. The molecule has 1 aromatic heterocycles. The van der Waals surface area contributed by atoms with E-state index in [4.69, 9.17) is 10.5 Å². The van der Waals surface area contributed by atoms with Crippen LogP contribution in [0.3, 0.4) is 0 Å². The van der Waals surface area contributed by atoms with Crippen molar-refractivity contribution in [2.24, 2.45) is 5.73 Å². The molecule has 2 heterocycles. The molecule has 126 valence electrons. The lowest BCUT2D eigenvalue weighted by Crippen LogP contribution is -2.57. The number of rotatable bonds is 4. The van der Waals surface area contributed by atoms with Gasteiger partial charge < -0.3 is 15.8 Å². The van der Waals surface area contributed by atoms with Crippen LogP contribution in [0.25, 0.3) is 0 Å². The molecule has 0 saturated carbocycles. The van der Waals surface area contributed by atoms with Crippen LogP contribution < -0.4 is 11.1 Å². The maximum Gasteiger partial charge on any atom is 0.434 e. The second kappa shape index (κ2) is 7.58. The van der Waals surface area contributed by atoms with E-state index < -0.39 is 17.4 Å². The second-order valence-corrected chi connectivity index (χ2v) is 5.84. The van der Waals surface area contributed by atoms with Gasteiger partial charge in [0.1, 0.15) is 0 Å². The number of nitrogens with two attached hydrogens (primary N) is 1. The summed E-state index contributed by atoms with van der Waals surface area (Å²) in [5.74, 6) is -0.293. The molecule has 10 heteroatoms. The maximum absolute atomic E-state index is 12.4. The molecule has 3 N–H and O–H groups in total. The zero-order chi connectivity index (χ0) is 15.5. The van der Waals surface area contributed by atoms with Crippen molar-refractivity contribution in [3.8, 4) is 0 Å². The first-order chi connectivity index (χ1) is 9.81. The fourth-order valence-electron chi connectivity index (χ4n) is 1.98. The van der Waals surface area contributed by atoms with Gasteiger partial charge in [-0.3, -0.25) is 4.79 Å². The van der Waals surface area contributed by atoms with Crippen LogP contribution in [0, 0.1) is 0 Å². The van der Waals surface area contributed by atoms with E-state index in [1.165, 1.54) is 0 Å². The molecule has 0 bridgehead atoms. The van der Waals surface area contributed by atoms with Gasteiger partial charge in [-0.25, -0.2) is 4.98 Å². The highest BCUT2D eigenvalue weighted by atomic mass is 35.5. The van der Waals surface area contributed by atoms with Crippen molar-refractivity contribution < 1.29 is 22.7 Å². The van der Waals surface area contributed by atoms with E-state index in [0.717, 1.165) is 16.7 Å². The third kappa shape index (κ3) is 4.80. The number of nitrogens with one attached hydrogen (secondary N) is 1. The molecule has 0 spiro atoms. The highest BCUT2D eigenvalue weighted by Gasteiger charge is 2.36. The molecule has 1 aliphatic heterocycles. The van der Waals surface area contributed by atoms with Gasteiger partial charge in [-0.1, -0.05) is 0 Å². The molecule has 2 rings (SSSR count). The number of ether oxygens (including phenoxy) is 1. The first-order valence-electron chi connectivity index (χ1n) is 6.48. The van der Waals surface area contributed by atoms with Crippen LogP contribution in [-0.4, -0.2) is 36.2 Å². The number of nitrogens with zero attached hydrogens (tertiary/aromatic N) is 1. The standard InChI is InChI=1S/C12H16F3N3O2S.ClH/c13-12(14,15)8-7-21-9(18-8)1-4-17-10(19)11(16)2-5-20-6-3-11;/h7H,1-6,16H2,(H,17,19);1H. The Morgan fingerprint density at radius 2 is 2.09 bits per heavy atom. The molecule has 5 nitrogen and oxygen atoms in total. The molecule has 0 aliphatic carbocycles. The van der Waals surface area contributed by atoms with Crippen molar-refractivity contribution in [2.45, 2.75) is 31.0 Å². The van der Waals surface area contributed by atoms with Gasteiger partial charge in [0, 0.05) is 31.6 Å². The van der Waals surface area contributed by atoms with Crippen molar-refractivity contribution in [1.82, 2.24) is 10.3 Å². The highest BCUT2D eigenvalue weighted by Crippen LogP contribution is 2.30. The Bertz CT molecular complexity index is 504. The largest absolute Gasteiger partial charge is 0.434 e. The summed E-state index contributed by atoms with van der Waals surface area (Å²) in [6.45, 7) is 1.08. The smallest absolute Gasteiger partial charge is 0.381 e. The molecule has 1 aliphatic rings. The van der Waals surface area contributed by atoms with Crippen LogP contribution in [0.4, 0.5) is 13.2 Å². The predicted molar refractivity (Wildman–Crippen MR) is 78.0 cm³/mol. The van der Waals surface area contributed by atoms with Gasteiger partial charge in [-0.2, -0.15) is 13.2 Å². The number of carbonyl (C=O) groups excluding carboxylic acids is 1. The van der Waals surface area contributed by atoms with Gasteiger partial charge in [0.15, 0.2) is 5.69 Å². The quantitative estimate of drug-likeness (QED) is 0.858. The molecule has 22 heavy (non-hydrogen) atoms. The van der Waals surface area contributed by atoms with Crippen LogP contribution in [-0.2, 0) is 22.1 Å². The van der Waals surface area contributed by atoms with Gasteiger partial charge in [0.25, 0.3) is 0 Å². The molecular weight excluding hydrogens is 343 g/mol. The third-order valence-corrected chi connectivity index (χ3v) is 4.21. The third-order valence-electron chi connectivity index (χ3n) is 3.30. The van der Waals surface area contributed by atoms with E-state index in [9.17, 15) is 18.0 Å². The molecule has 1 saturated heterocycles. The lowest BCUT2D eigenvalue weighted by atomic mass is 9.90. The second-order valence-electron chi connectivity index (χ2n) is 4.90. The van der Waals surface area contributed by atoms with Gasteiger partial charge in [-0.15, -0.1) is 23.7 Å². The minimum absolute atomic E-state index is 0. The molecule has 1 fully saturated rings. The zero-order valence-corrected chi connectivity index (χ0v) is 13.2. The van der Waals surface area contributed by atoms with Gasteiger partial charge in [0.05, 0.1) is 10.5 Å². The summed E-state index contributed by atoms with van der Waals surface area (Å²) in [5.41, 5.74) is 4.15. The summed E-state index contributed by atoms with van der Waals surface area (Å²) in [7, 11) is 0. The number of thiazole rings is 1. The van der Waals surface area contributed by atoms with Crippen molar-refractivity contribution in [3.63, 3.8) is 0 Å². The van der Waals surface area contributed by atoms with E-state index in [1.807, 2.05) is 0 Å². The zero-order valence-electron chi connectivity index (χ0n) is 11.6. The highest BCUT2D eigenvalue weighted by molar-refractivity contribution is 7.09. The molecule has 1 aromatic rings. The summed E-state index contributed by atoms with van der Waals surface area (Å²) < 4.78 is 42.3. The first-order valence-corrected chi connectivity index (χ1v) is 7.36. The molecule has 0 aromatic carbocycles. The Morgan fingerprint density at radius 3 is 2.64 bits per heavy atom. The van der Waals surface area contributed by atoms with Crippen molar-refractivity contribution in [2.75, 3.05) is 19.8 Å². The Balaban J connectivity index is 0.00000242. The minimum Gasteiger partial charge on any atom is -0.381 e. The average Bonchev–Trinajstić information content (AvgIpc) is 2.88. The van der Waals surface area contributed by atoms with Gasteiger partial charge in [0.2, 0.25) is 5.91 Å². The van der Waals surface area contributed by atoms with Crippen molar-refractivity contribution in [3.05, 3.63) is 16.1 Å². The first kappa shape index (κ1) is 19.1. The molecule has 0 atom stereocenters. The predicted octanol–water partition coefficient (Wildman–Crippen LogP) is 1.75. The van der Waals surface area contributed by atoms with E-state index in [1.54, 1.807) is 0 Å². The Hall–Kier alpha value is -0.900. The number of hydrogen-bond donors (Lipinski definition) is 2. The molecule has 0 radical (unpaired) electrons. The monoisotopic (exact) mass is 359 g/mol. The van der Waals surface area contributed by atoms with Crippen LogP contribution >= 0.6 is 23.7 Å². The Kier molecular flexibility index (Phi) is 6.60. The fourth-order valence-corrected chi connectivity index (χ4v) is 2.78. The summed E-state index contributed by atoms with van der Waals surface area (Å²) in [6, 6.07) is 0. The topological polar surface area (TPSA) is 77.2 Å². The number of halogens is 4. The molecule has 0 unspecified atom stereocenters. The van der Waals surface area contributed by atoms with E-state index in [2.05, 4.69) is 10.3 Å². The van der Waals surface area contributed by atoms with E-state index in [0.29, 0.717) is 31.1 Å². The van der Waals surface area contributed by atoms with Crippen molar-refractivity contribution >= 4 is 29.7 Å². The van der Waals surface area contributed by atoms with Crippen LogP contribution in [0.5, 0.6) is 0 Å². The van der Waals surface area contributed by atoms with Gasteiger partial charge >= 0.3 is 6.18 Å². The number of aromatic nitrogens is 1. The number of carbonyl (C=O) groups is 1. The summed E-state index contributed by atoms with van der Waals surface area (Å²) in [4.78, 5) is 15.5. The van der Waals surface area contributed by atoms with Crippen LogP contribution in [0.2, 0.25) is 0 Å². The summed E-state index contributed by atoms with van der Waals surface area (Å²) in [6.07, 6.45) is -3.30. The minimum atomic E-state index is -4.43. The number of amides is 1. The number of hydrogen-bond acceptors (Lipinski definition) is 5. The maximum atomic E-state index is 12.4.